The number of nitrogens with zero attached hydrogens (tertiary/aromatic N) is 2. The van der Waals surface area contributed by atoms with Gasteiger partial charge in [-0.25, -0.2) is 4.98 Å². The number of fused-ring (bicyclic) bond motifs is 1. The molecule has 0 atom stereocenters. The van der Waals surface area contributed by atoms with E-state index < -0.39 is 0 Å². The van der Waals surface area contributed by atoms with E-state index in [1.54, 1.807) is 12.1 Å². The Balaban J connectivity index is 1.92. The first-order valence-corrected chi connectivity index (χ1v) is 11.8. The minimum absolute atomic E-state index is 0.0549. The SMILES string of the molecule is COc1cc(-c2c(C#N)c(N)nc3sc(C(=O)NC4CCCCC4)c(N)c23)cc(OC)c1OC. The summed E-state index contributed by atoms with van der Waals surface area (Å²) in [6, 6.07) is 5.71. The van der Waals surface area contributed by atoms with Crippen LogP contribution in [0.2, 0.25) is 0 Å². The number of hydrogen-bond acceptors (Lipinski definition) is 9. The summed E-state index contributed by atoms with van der Waals surface area (Å²) in [5, 5.41) is 13.5. The molecule has 3 aromatic rings. The molecule has 0 unspecified atom stereocenters. The van der Waals surface area contributed by atoms with Crippen molar-refractivity contribution in [2.24, 2.45) is 0 Å². The van der Waals surface area contributed by atoms with Gasteiger partial charge in [0.2, 0.25) is 5.75 Å². The van der Waals surface area contributed by atoms with Crippen LogP contribution in [-0.2, 0) is 0 Å². The highest BCUT2D eigenvalue weighted by Gasteiger charge is 2.27. The number of nitrogen functional groups attached to an aromatic ring is 2. The average Bonchev–Trinajstić information content (AvgIpc) is 3.18. The first-order chi connectivity index (χ1) is 16.4. The monoisotopic (exact) mass is 481 g/mol. The smallest absolute Gasteiger partial charge is 0.263 e. The quantitative estimate of drug-likeness (QED) is 0.477. The second-order valence-electron chi connectivity index (χ2n) is 8.11. The number of thiophene rings is 1. The average molecular weight is 482 g/mol. The lowest BCUT2D eigenvalue weighted by molar-refractivity contribution is 0.0932. The molecular weight excluding hydrogens is 454 g/mol. The third-order valence-electron chi connectivity index (χ3n) is 6.12. The van der Waals surface area contributed by atoms with Crippen LogP contribution in [0.15, 0.2) is 12.1 Å². The van der Waals surface area contributed by atoms with Gasteiger partial charge in [-0.2, -0.15) is 5.26 Å². The van der Waals surface area contributed by atoms with Gasteiger partial charge in [0.1, 0.15) is 27.2 Å². The summed E-state index contributed by atoms with van der Waals surface area (Å²) in [5.41, 5.74) is 14.2. The number of amides is 1. The van der Waals surface area contributed by atoms with E-state index in [4.69, 9.17) is 25.7 Å². The van der Waals surface area contributed by atoms with Crippen LogP contribution >= 0.6 is 11.3 Å². The number of aromatic nitrogens is 1. The fourth-order valence-corrected chi connectivity index (χ4v) is 5.48. The molecule has 0 radical (unpaired) electrons. The minimum atomic E-state index is -0.236. The van der Waals surface area contributed by atoms with Gasteiger partial charge in [-0.3, -0.25) is 4.79 Å². The topological polar surface area (TPSA) is 146 Å². The second-order valence-corrected chi connectivity index (χ2v) is 9.11. The Morgan fingerprint density at radius 3 is 2.32 bits per heavy atom. The maximum atomic E-state index is 13.1. The van der Waals surface area contributed by atoms with Crippen molar-refractivity contribution in [2.45, 2.75) is 38.1 Å². The lowest BCUT2D eigenvalue weighted by Gasteiger charge is -2.22. The van der Waals surface area contributed by atoms with Gasteiger partial charge in [-0.1, -0.05) is 19.3 Å². The van der Waals surface area contributed by atoms with E-state index in [0.717, 1.165) is 25.7 Å². The number of pyridine rings is 1. The number of hydrogen-bond donors (Lipinski definition) is 3. The van der Waals surface area contributed by atoms with Crippen molar-refractivity contribution in [2.75, 3.05) is 32.8 Å². The Morgan fingerprint density at radius 2 is 1.76 bits per heavy atom. The highest BCUT2D eigenvalue weighted by Crippen LogP contribution is 2.47. The van der Waals surface area contributed by atoms with E-state index >= 15 is 0 Å². The first kappa shape index (κ1) is 23.4. The Morgan fingerprint density at radius 1 is 1.12 bits per heavy atom. The highest BCUT2D eigenvalue weighted by molar-refractivity contribution is 7.21. The molecule has 2 aromatic heterocycles. The van der Waals surface area contributed by atoms with E-state index in [9.17, 15) is 10.1 Å². The van der Waals surface area contributed by atoms with Crippen molar-refractivity contribution < 1.29 is 19.0 Å². The standard InChI is InChI=1S/C24H27N5O4S/c1-31-15-9-12(10-16(32-2)20(15)33-3)17-14(11-25)22(27)29-24-18(17)19(26)21(34-24)23(30)28-13-7-5-4-6-8-13/h9-10,13H,4-8,26H2,1-3H3,(H2,27,29)(H,28,30). The number of ether oxygens (including phenoxy) is 3. The summed E-state index contributed by atoms with van der Waals surface area (Å²) < 4.78 is 16.4. The molecule has 4 rings (SSSR count). The van der Waals surface area contributed by atoms with Crippen LogP contribution in [0, 0.1) is 11.3 Å². The van der Waals surface area contributed by atoms with E-state index in [-0.39, 0.29) is 29.0 Å². The third kappa shape index (κ3) is 4.03. The van der Waals surface area contributed by atoms with Crippen molar-refractivity contribution in [3.05, 3.63) is 22.6 Å². The number of nitrogens with one attached hydrogen (secondary N) is 1. The van der Waals surface area contributed by atoms with Gasteiger partial charge in [0.15, 0.2) is 11.5 Å². The summed E-state index contributed by atoms with van der Waals surface area (Å²) in [7, 11) is 4.53. The van der Waals surface area contributed by atoms with Gasteiger partial charge < -0.3 is 31.0 Å². The fourth-order valence-electron chi connectivity index (χ4n) is 4.46. The van der Waals surface area contributed by atoms with Gasteiger partial charge in [0.05, 0.1) is 27.0 Å². The summed E-state index contributed by atoms with van der Waals surface area (Å²) in [6.07, 6.45) is 5.30. The number of benzene rings is 1. The molecule has 9 nitrogen and oxygen atoms in total. The van der Waals surface area contributed by atoms with Crippen molar-refractivity contribution in [3.63, 3.8) is 0 Å². The van der Waals surface area contributed by atoms with Crippen LogP contribution in [0.25, 0.3) is 21.3 Å². The second kappa shape index (κ2) is 9.65. The molecule has 1 saturated carbocycles. The van der Waals surface area contributed by atoms with Crippen molar-refractivity contribution in [1.29, 1.82) is 5.26 Å². The van der Waals surface area contributed by atoms with Crippen LogP contribution in [0.1, 0.15) is 47.3 Å². The van der Waals surface area contributed by atoms with E-state index in [2.05, 4.69) is 16.4 Å². The highest BCUT2D eigenvalue weighted by atomic mass is 32.1. The third-order valence-corrected chi connectivity index (χ3v) is 7.21. The first-order valence-electron chi connectivity index (χ1n) is 11.0. The molecule has 1 fully saturated rings. The van der Waals surface area contributed by atoms with Gasteiger partial charge in [0, 0.05) is 17.0 Å². The zero-order valence-corrected chi connectivity index (χ0v) is 20.2. The molecule has 1 amide bonds. The Labute approximate surface area is 201 Å². The molecular formula is C24H27N5O4S. The van der Waals surface area contributed by atoms with Gasteiger partial charge in [-0.05, 0) is 30.5 Å². The van der Waals surface area contributed by atoms with E-state index in [0.29, 0.717) is 43.5 Å². The van der Waals surface area contributed by atoms with Gasteiger partial charge in [-0.15, -0.1) is 11.3 Å². The number of methoxy groups -OCH3 is 3. The summed E-state index contributed by atoms with van der Waals surface area (Å²) in [6.45, 7) is 0. The van der Waals surface area contributed by atoms with E-state index in [1.807, 2.05) is 0 Å². The maximum absolute atomic E-state index is 13.1. The van der Waals surface area contributed by atoms with Gasteiger partial charge in [0.25, 0.3) is 5.91 Å². The molecule has 0 aliphatic heterocycles. The van der Waals surface area contributed by atoms with Crippen molar-refractivity contribution in [3.8, 4) is 34.4 Å². The molecule has 0 saturated heterocycles. The van der Waals surface area contributed by atoms with Crippen LogP contribution in [0.5, 0.6) is 17.2 Å². The molecule has 0 spiro atoms. The molecule has 1 aromatic carbocycles. The summed E-state index contributed by atoms with van der Waals surface area (Å²) in [4.78, 5) is 18.3. The summed E-state index contributed by atoms with van der Waals surface area (Å²) >= 11 is 1.17. The lowest BCUT2D eigenvalue weighted by atomic mass is 9.95. The molecule has 178 valence electrons. The molecule has 2 heterocycles. The predicted molar refractivity (Wildman–Crippen MR) is 133 cm³/mol. The molecule has 10 heteroatoms. The normalized spacial score (nSPS) is 13.9. The number of nitrogens with two attached hydrogens (primary N) is 2. The Bertz CT molecular complexity index is 1270. The van der Waals surface area contributed by atoms with Crippen molar-refractivity contribution >= 4 is 39.0 Å². The lowest BCUT2D eigenvalue weighted by Crippen LogP contribution is -2.36. The maximum Gasteiger partial charge on any atom is 0.263 e. The molecule has 1 aliphatic rings. The number of nitriles is 1. The summed E-state index contributed by atoms with van der Waals surface area (Å²) in [5.74, 6) is 1.05. The molecule has 34 heavy (non-hydrogen) atoms. The van der Waals surface area contributed by atoms with E-state index in [1.165, 1.54) is 39.1 Å². The number of anilines is 2. The number of carbonyl (C=O) groups is 1. The number of rotatable bonds is 6. The van der Waals surface area contributed by atoms with Crippen LogP contribution in [0.3, 0.4) is 0 Å². The Hall–Kier alpha value is -3.71. The van der Waals surface area contributed by atoms with Gasteiger partial charge >= 0.3 is 0 Å². The largest absolute Gasteiger partial charge is 0.493 e. The zero-order chi connectivity index (χ0) is 24.4. The fraction of sp³-hybridized carbons (Fsp3) is 0.375. The molecule has 5 N–H and O–H groups in total. The molecule has 0 bridgehead atoms. The number of carbonyl (C=O) groups excluding carboxylic acids is 1. The Kier molecular flexibility index (Phi) is 6.65. The van der Waals surface area contributed by atoms with Crippen molar-refractivity contribution in [1.82, 2.24) is 10.3 Å². The minimum Gasteiger partial charge on any atom is -0.493 e. The van der Waals surface area contributed by atoms with Crippen LogP contribution in [-0.4, -0.2) is 38.3 Å². The van der Waals surface area contributed by atoms with Crippen LogP contribution < -0.4 is 31.0 Å². The predicted octanol–water partition coefficient (Wildman–Crippen LogP) is 4.09. The molecule has 1 aliphatic carbocycles. The van der Waals surface area contributed by atoms with Crippen LogP contribution in [0.4, 0.5) is 11.5 Å². The zero-order valence-electron chi connectivity index (χ0n) is 19.4.